The summed E-state index contributed by atoms with van der Waals surface area (Å²) in [5.41, 5.74) is 0.820. The molecule has 0 bridgehead atoms. The molecular formula is C16H17NO2S. The Morgan fingerprint density at radius 3 is 3.25 bits per heavy atom. The maximum Gasteiger partial charge on any atom is 0.194 e. The van der Waals surface area contributed by atoms with Crippen LogP contribution in [0.3, 0.4) is 0 Å². The van der Waals surface area contributed by atoms with E-state index in [0.29, 0.717) is 12.6 Å². The maximum absolute atomic E-state index is 12.8. The average Bonchev–Trinajstić information content (AvgIpc) is 3.13. The van der Waals surface area contributed by atoms with Gasteiger partial charge in [-0.3, -0.25) is 9.69 Å². The summed E-state index contributed by atoms with van der Waals surface area (Å²) in [7, 11) is 0. The van der Waals surface area contributed by atoms with Crippen molar-refractivity contribution in [1.82, 2.24) is 4.90 Å². The molecular weight excluding hydrogens is 270 g/mol. The van der Waals surface area contributed by atoms with Gasteiger partial charge in [-0.15, -0.1) is 11.3 Å². The maximum atomic E-state index is 12.8. The highest BCUT2D eigenvalue weighted by Crippen LogP contribution is 2.28. The van der Waals surface area contributed by atoms with E-state index >= 15 is 0 Å². The number of hydrogen-bond acceptors (Lipinski definition) is 4. The molecule has 2 unspecified atom stereocenters. The molecule has 3 nitrogen and oxygen atoms in total. The van der Waals surface area contributed by atoms with Crippen molar-refractivity contribution >= 4 is 27.2 Å². The van der Waals surface area contributed by atoms with Crippen LogP contribution in [0.2, 0.25) is 0 Å². The van der Waals surface area contributed by atoms with E-state index in [2.05, 4.69) is 17.0 Å². The first-order chi connectivity index (χ1) is 9.83. The minimum Gasteiger partial charge on any atom is -0.367 e. The van der Waals surface area contributed by atoms with Crippen LogP contribution in [0.5, 0.6) is 0 Å². The highest BCUT2D eigenvalue weighted by atomic mass is 32.1. The zero-order valence-corrected chi connectivity index (χ0v) is 12.1. The van der Waals surface area contributed by atoms with Crippen LogP contribution in [-0.4, -0.2) is 42.5 Å². The molecule has 0 spiro atoms. The van der Waals surface area contributed by atoms with Gasteiger partial charge >= 0.3 is 0 Å². The molecule has 3 heterocycles. The summed E-state index contributed by atoms with van der Waals surface area (Å²) in [4.78, 5) is 15.2. The molecule has 20 heavy (non-hydrogen) atoms. The van der Waals surface area contributed by atoms with E-state index in [1.54, 1.807) is 11.3 Å². The molecule has 104 valence electrons. The number of fused-ring (bicyclic) bond motifs is 2. The molecule has 1 aromatic heterocycles. The minimum atomic E-state index is -0.294. The standard InChI is InChI=1S/C16H17NO2S/c18-15(13-5-1-3-11-6-8-20-16(11)13)14-9-17-7-2-4-12(17)10-19-14/h1,3,5-6,8,12,14H,2,4,7,9-10H2. The monoisotopic (exact) mass is 287 g/mol. The van der Waals surface area contributed by atoms with Gasteiger partial charge in [0.25, 0.3) is 0 Å². The van der Waals surface area contributed by atoms with Gasteiger partial charge < -0.3 is 4.74 Å². The van der Waals surface area contributed by atoms with E-state index < -0.39 is 0 Å². The van der Waals surface area contributed by atoms with Crippen LogP contribution in [0.25, 0.3) is 10.1 Å². The lowest BCUT2D eigenvalue weighted by Crippen LogP contribution is -2.49. The van der Waals surface area contributed by atoms with E-state index in [4.69, 9.17) is 4.74 Å². The van der Waals surface area contributed by atoms with Crippen LogP contribution >= 0.6 is 11.3 Å². The lowest BCUT2D eigenvalue weighted by atomic mass is 10.0. The molecule has 2 atom stereocenters. The van der Waals surface area contributed by atoms with Gasteiger partial charge in [0.15, 0.2) is 5.78 Å². The van der Waals surface area contributed by atoms with E-state index in [9.17, 15) is 4.79 Å². The predicted octanol–water partition coefficient (Wildman–Crippen LogP) is 2.95. The van der Waals surface area contributed by atoms with Crippen LogP contribution in [0, 0.1) is 0 Å². The van der Waals surface area contributed by atoms with Crippen molar-refractivity contribution in [3.8, 4) is 0 Å². The lowest BCUT2D eigenvalue weighted by Gasteiger charge is -2.34. The quantitative estimate of drug-likeness (QED) is 0.795. The fourth-order valence-electron chi connectivity index (χ4n) is 3.34. The number of ketones is 1. The van der Waals surface area contributed by atoms with Crippen LogP contribution in [0.15, 0.2) is 29.6 Å². The summed E-state index contributed by atoms with van der Waals surface area (Å²) >= 11 is 1.64. The van der Waals surface area contributed by atoms with Crippen molar-refractivity contribution in [1.29, 1.82) is 0 Å². The average molecular weight is 287 g/mol. The molecule has 0 radical (unpaired) electrons. The van der Waals surface area contributed by atoms with E-state index in [-0.39, 0.29) is 11.9 Å². The SMILES string of the molecule is O=C(c1cccc2ccsc12)C1CN2CCCC2CO1. The van der Waals surface area contributed by atoms with Gasteiger partial charge in [0.2, 0.25) is 0 Å². The van der Waals surface area contributed by atoms with Crippen molar-refractivity contribution in [2.45, 2.75) is 25.0 Å². The fraction of sp³-hybridized carbons (Fsp3) is 0.438. The normalized spacial score (nSPS) is 26.8. The van der Waals surface area contributed by atoms with Crippen LogP contribution in [0.1, 0.15) is 23.2 Å². The number of ether oxygens (including phenoxy) is 1. The summed E-state index contributed by atoms with van der Waals surface area (Å²) in [6, 6.07) is 8.55. The summed E-state index contributed by atoms with van der Waals surface area (Å²) in [6.07, 6.45) is 2.15. The number of thiophene rings is 1. The van der Waals surface area contributed by atoms with Gasteiger partial charge in [0.1, 0.15) is 6.10 Å². The highest BCUT2D eigenvalue weighted by molar-refractivity contribution is 7.17. The Kier molecular flexibility index (Phi) is 3.10. The smallest absolute Gasteiger partial charge is 0.194 e. The first-order valence-corrected chi connectivity index (χ1v) is 8.07. The molecule has 1 aromatic carbocycles. The molecule has 0 aliphatic carbocycles. The second-order valence-corrected chi connectivity index (χ2v) is 6.54. The molecule has 0 saturated carbocycles. The molecule has 2 aliphatic rings. The van der Waals surface area contributed by atoms with Gasteiger partial charge in [0.05, 0.1) is 6.61 Å². The van der Waals surface area contributed by atoms with Crippen LogP contribution in [0.4, 0.5) is 0 Å². The van der Waals surface area contributed by atoms with E-state index in [1.807, 2.05) is 17.5 Å². The minimum absolute atomic E-state index is 0.142. The summed E-state index contributed by atoms with van der Waals surface area (Å²) in [6.45, 7) is 2.57. The second-order valence-electron chi connectivity index (χ2n) is 5.62. The van der Waals surface area contributed by atoms with E-state index in [1.165, 1.54) is 12.8 Å². The number of carbonyl (C=O) groups excluding carboxylic acids is 1. The third-order valence-electron chi connectivity index (χ3n) is 4.43. The molecule has 0 N–H and O–H groups in total. The van der Waals surface area contributed by atoms with Crippen molar-refractivity contribution in [3.63, 3.8) is 0 Å². The Morgan fingerprint density at radius 1 is 1.35 bits per heavy atom. The van der Waals surface area contributed by atoms with Crippen molar-refractivity contribution in [2.24, 2.45) is 0 Å². The number of nitrogens with zero attached hydrogens (tertiary/aromatic N) is 1. The molecule has 0 amide bonds. The lowest BCUT2D eigenvalue weighted by molar-refractivity contribution is -0.0343. The molecule has 4 heteroatoms. The number of morpholine rings is 1. The number of benzene rings is 1. The molecule has 2 aromatic rings. The highest BCUT2D eigenvalue weighted by Gasteiger charge is 2.35. The van der Waals surface area contributed by atoms with Gasteiger partial charge in [0, 0.05) is 22.8 Å². The Labute approximate surface area is 122 Å². The Morgan fingerprint density at radius 2 is 2.30 bits per heavy atom. The Hall–Kier alpha value is -1.23. The molecule has 2 aliphatic heterocycles. The fourth-order valence-corrected chi connectivity index (χ4v) is 4.25. The largest absolute Gasteiger partial charge is 0.367 e. The zero-order valence-electron chi connectivity index (χ0n) is 11.2. The van der Waals surface area contributed by atoms with Crippen molar-refractivity contribution in [3.05, 3.63) is 35.2 Å². The first-order valence-electron chi connectivity index (χ1n) is 7.19. The zero-order chi connectivity index (χ0) is 13.5. The number of Topliss-reactive ketones (excluding diaryl/α,β-unsaturated/α-hetero) is 1. The van der Waals surface area contributed by atoms with Gasteiger partial charge in [-0.05, 0) is 42.3 Å². The third kappa shape index (κ3) is 1.99. The summed E-state index contributed by atoms with van der Waals surface area (Å²) in [5.74, 6) is 0.142. The Balaban J connectivity index is 1.62. The molecule has 2 fully saturated rings. The van der Waals surface area contributed by atoms with Gasteiger partial charge in [-0.25, -0.2) is 0 Å². The van der Waals surface area contributed by atoms with E-state index in [0.717, 1.165) is 28.7 Å². The summed E-state index contributed by atoms with van der Waals surface area (Å²) < 4.78 is 6.93. The third-order valence-corrected chi connectivity index (χ3v) is 5.39. The van der Waals surface area contributed by atoms with Crippen LogP contribution in [-0.2, 0) is 4.74 Å². The number of carbonyl (C=O) groups is 1. The first kappa shape index (κ1) is 12.5. The van der Waals surface area contributed by atoms with Crippen molar-refractivity contribution < 1.29 is 9.53 Å². The van der Waals surface area contributed by atoms with Gasteiger partial charge in [-0.2, -0.15) is 0 Å². The van der Waals surface area contributed by atoms with Crippen molar-refractivity contribution in [2.75, 3.05) is 19.7 Å². The molecule has 2 saturated heterocycles. The topological polar surface area (TPSA) is 29.5 Å². The Bertz CT molecular complexity index is 651. The summed E-state index contributed by atoms with van der Waals surface area (Å²) in [5, 5.41) is 3.19. The number of hydrogen-bond donors (Lipinski definition) is 0. The number of rotatable bonds is 2. The second kappa shape index (κ2) is 4.95. The predicted molar refractivity (Wildman–Crippen MR) is 80.5 cm³/mol. The van der Waals surface area contributed by atoms with Crippen LogP contribution < -0.4 is 0 Å². The van der Waals surface area contributed by atoms with Gasteiger partial charge in [-0.1, -0.05) is 12.1 Å². The molecule has 4 rings (SSSR count).